The van der Waals surface area contributed by atoms with Gasteiger partial charge in [0.25, 0.3) is 0 Å². The van der Waals surface area contributed by atoms with Crippen LogP contribution >= 0.6 is 0 Å². The van der Waals surface area contributed by atoms with Crippen LogP contribution in [0.3, 0.4) is 0 Å². The Hall–Kier alpha value is -1.09. The van der Waals surface area contributed by atoms with Crippen LogP contribution in [0, 0.1) is 5.82 Å². The number of anilines is 1. The second-order valence-corrected chi connectivity index (χ2v) is 5.63. The average Bonchev–Trinajstić information content (AvgIpc) is 2.68. The molecule has 1 aliphatic rings. The summed E-state index contributed by atoms with van der Waals surface area (Å²) in [6.07, 6.45) is 3.16. The van der Waals surface area contributed by atoms with Crippen LogP contribution in [0.1, 0.15) is 32.3 Å². The first-order valence-electron chi connectivity index (χ1n) is 6.28. The molecule has 1 saturated heterocycles. The third kappa shape index (κ3) is 3.19. The second kappa shape index (κ2) is 4.65. The van der Waals surface area contributed by atoms with Gasteiger partial charge in [0, 0.05) is 24.3 Å². The van der Waals surface area contributed by atoms with Gasteiger partial charge >= 0.3 is 0 Å². The van der Waals surface area contributed by atoms with E-state index < -0.39 is 0 Å². The first kappa shape index (κ1) is 12.4. The van der Waals surface area contributed by atoms with Gasteiger partial charge in [0.1, 0.15) is 5.82 Å². The predicted molar refractivity (Wildman–Crippen MR) is 69.8 cm³/mol. The second-order valence-electron chi connectivity index (χ2n) is 5.63. The van der Waals surface area contributed by atoms with Crippen molar-refractivity contribution >= 4 is 5.69 Å². The van der Waals surface area contributed by atoms with Gasteiger partial charge in [-0.25, -0.2) is 4.39 Å². The number of nitrogens with two attached hydrogens (primary N) is 1. The largest absolute Gasteiger partial charge is 0.371 e. The first-order valence-corrected chi connectivity index (χ1v) is 6.28. The molecule has 0 spiro atoms. The summed E-state index contributed by atoms with van der Waals surface area (Å²) in [4.78, 5) is 2.33. The highest BCUT2D eigenvalue weighted by atomic mass is 19.1. The lowest BCUT2D eigenvalue weighted by atomic mass is 9.94. The monoisotopic (exact) mass is 236 g/mol. The van der Waals surface area contributed by atoms with E-state index in [0.717, 1.165) is 24.3 Å². The molecule has 2 N–H and O–H groups in total. The van der Waals surface area contributed by atoms with Gasteiger partial charge in [0.2, 0.25) is 0 Å². The van der Waals surface area contributed by atoms with Gasteiger partial charge in [-0.1, -0.05) is 0 Å². The summed E-state index contributed by atoms with van der Waals surface area (Å²) in [5.74, 6) is -0.174. The number of nitrogens with zero attached hydrogens (tertiary/aromatic N) is 1. The number of rotatable bonds is 3. The maximum atomic E-state index is 13.3. The highest BCUT2D eigenvalue weighted by Gasteiger charge is 2.20. The normalized spacial score (nSPS) is 16.6. The van der Waals surface area contributed by atoms with Crippen molar-refractivity contribution in [2.24, 2.45) is 5.73 Å². The molecular weight excluding hydrogens is 215 g/mol. The lowest BCUT2D eigenvalue weighted by Gasteiger charge is -2.25. The molecule has 1 heterocycles. The Labute approximate surface area is 103 Å². The highest BCUT2D eigenvalue weighted by molar-refractivity contribution is 5.55. The standard InChI is InChI=1S/C14H21FN2/c1-14(2,16)10-11-9-12(15)5-6-13(11)17-7-3-4-8-17/h5-6,9H,3-4,7-8,10,16H2,1-2H3. The summed E-state index contributed by atoms with van der Waals surface area (Å²) in [5, 5.41) is 0. The summed E-state index contributed by atoms with van der Waals surface area (Å²) in [6, 6.07) is 5.06. The van der Waals surface area contributed by atoms with Crippen molar-refractivity contribution in [1.82, 2.24) is 0 Å². The average molecular weight is 236 g/mol. The SMILES string of the molecule is CC(C)(N)Cc1cc(F)ccc1N1CCCC1. The van der Waals surface area contributed by atoms with Crippen molar-refractivity contribution in [2.45, 2.75) is 38.6 Å². The van der Waals surface area contributed by atoms with Crippen LogP contribution < -0.4 is 10.6 Å². The van der Waals surface area contributed by atoms with E-state index in [1.807, 2.05) is 19.9 Å². The van der Waals surface area contributed by atoms with E-state index in [1.54, 1.807) is 12.1 Å². The molecule has 0 atom stereocenters. The summed E-state index contributed by atoms with van der Waals surface area (Å²) >= 11 is 0. The lowest BCUT2D eigenvalue weighted by molar-refractivity contribution is 0.514. The van der Waals surface area contributed by atoms with Gasteiger partial charge < -0.3 is 10.6 Å². The molecule has 0 aromatic heterocycles. The summed E-state index contributed by atoms with van der Waals surface area (Å²) < 4.78 is 13.3. The van der Waals surface area contributed by atoms with Crippen LogP contribution in [0.25, 0.3) is 0 Å². The number of hydrogen-bond donors (Lipinski definition) is 1. The van der Waals surface area contributed by atoms with Crippen molar-refractivity contribution in [3.8, 4) is 0 Å². The van der Waals surface area contributed by atoms with Crippen LogP contribution in [-0.2, 0) is 6.42 Å². The molecule has 0 aliphatic carbocycles. The fourth-order valence-corrected chi connectivity index (χ4v) is 2.45. The molecule has 0 amide bonds. The minimum Gasteiger partial charge on any atom is -0.371 e. The molecule has 0 saturated carbocycles. The van der Waals surface area contributed by atoms with E-state index in [9.17, 15) is 4.39 Å². The van der Waals surface area contributed by atoms with E-state index in [2.05, 4.69) is 4.90 Å². The fraction of sp³-hybridized carbons (Fsp3) is 0.571. The van der Waals surface area contributed by atoms with Gasteiger partial charge in [-0.05, 0) is 56.9 Å². The minimum absolute atomic E-state index is 0.174. The zero-order chi connectivity index (χ0) is 12.5. The topological polar surface area (TPSA) is 29.3 Å². The molecule has 0 radical (unpaired) electrons. The van der Waals surface area contributed by atoms with Crippen molar-refractivity contribution in [3.05, 3.63) is 29.6 Å². The maximum absolute atomic E-state index is 13.3. The van der Waals surface area contributed by atoms with Crippen LogP contribution in [0.2, 0.25) is 0 Å². The Morgan fingerprint density at radius 2 is 1.94 bits per heavy atom. The lowest BCUT2D eigenvalue weighted by Crippen LogP contribution is -2.35. The van der Waals surface area contributed by atoms with Gasteiger partial charge in [-0.15, -0.1) is 0 Å². The Balaban J connectivity index is 2.30. The van der Waals surface area contributed by atoms with Gasteiger partial charge in [-0.2, -0.15) is 0 Å². The third-order valence-corrected chi connectivity index (χ3v) is 3.13. The van der Waals surface area contributed by atoms with Crippen molar-refractivity contribution < 1.29 is 4.39 Å². The van der Waals surface area contributed by atoms with E-state index in [0.29, 0.717) is 6.42 Å². The fourth-order valence-electron chi connectivity index (χ4n) is 2.45. The first-order chi connectivity index (χ1) is 7.96. The van der Waals surface area contributed by atoms with Crippen molar-refractivity contribution in [2.75, 3.05) is 18.0 Å². The maximum Gasteiger partial charge on any atom is 0.123 e. The van der Waals surface area contributed by atoms with Crippen molar-refractivity contribution in [3.63, 3.8) is 0 Å². The molecule has 2 nitrogen and oxygen atoms in total. The Kier molecular flexibility index (Phi) is 3.38. The van der Waals surface area contributed by atoms with Crippen LogP contribution in [0.5, 0.6) is 0 Å². The zero-order valence-corrected chi connectivity index (χ0v) is 10.7. The molecule has 3 heteroatoms. The Morgan fingerprint density at radius 3 is 2.53 bits per heavy atom. The molecule has 1 aromatic rings. The van der Waals surface area contributed by atoms with Gasteiger partial charge in [0.15, 0.2) is 0 Å². The van der Waals surface area contributed by atoms with E-state index in [-0.39, 0.29) is 11.4 Å². The van der Waals surface area contributed by atoms with E-state index in [4.69, 9.17) is 5.73 Å². The zero-order valence-electron chi connectivity index (χ0n) is 10.7. The van der Waals surface area contributed by atoms with E-state index >= 15 is 0 Å². The molecule has 17 heavy (non-hydrogen) atoms. The molecule has 2 rings (SSSR count). The molecule has 0 unspecified atom stereocenters. The Bertz CT molecular complexity index is 390. The van der Waals surface area contributed by atoms with Crippen molar-refractivity contribution in [1.29, 1.82) is 0 Å². The molecule has 94 valence electrons. The molecule has 1 aromatic carbocycles. The molecule has 1 fully saturated rings. The smallest absolute Gasteiger partial charge is 0.123 e. The van der Waals surface area contributed by atoms with Gasteiger partial charge in [0.05, 0.1) is 0 Å². The van der Waals surface area contributed by atoms with Crippen LogP contribution in [0.15, 0.2) is 18.2 Å². The molecule has 0 bridgehead atoms. The third-order valence-electron chi connectivity index (χ3n) is 3.13. The highest BCUT2D eigenvalue weighted by Crippen LogP contribution is 2.27. The number of halogens is 1. The summed E-state index contributed by atoms with van der Waals surface area (Å²) in [7, 11) is 0. The quantitative estimate of drug-likeness (QED) is 0.874. The number of hydrogen-bond acceptors (Lipinski definition) is 2. The van der Waals surface area contributed by atoms with Gasteiger partial charge in [-0.3, -0.25) is 0 Å². The summed E-state index contributed by atoms with van der Waals surface area (Å²) in [5.41, 5.74) is 7.92. The summed E-state index contributed by atoms with van der Waals surface area (Å²) in [6.45, 7) is 6.10. The Morgan fingerprint density at radius 1 is 1.29 bits per heavy atom. The minimum atomic E-state index is -0.303. The number of benzene rings is 1. The molecule has 1 aliphatic heterocycles. The van der Waals surface area contributed by atoms with Crippen LogP contribution in [0.4, 0.5) is 10.1 Å². The van der Waals surface area contributed by atoms with Crippen LogP contribution in [-0.4, -0.2) is 18.6 Å². The van der Waals surface area contributed by atoms with E-state index in [1.165, 1.54) is 12.8 Å². The predicted octanol–water partition coefficient (Wildman–Crippen LogP) is 2.71. The molecular formula is C14H21FN2.